The van der Waals surface area contributed by atoms with Gasteiger partial charge in [0.2, 0.25) is 5.91 Å². The number of likely N-dealkylation sites (N-methyl/N-ethyl adjacent to an activating group) is 1. The van der Waals surface area contributed by atoms with E-state index in [0.29, 0.717) is 18.5 Å². The maximum atomic E-state index is 11.9. The maximum Gasteiger partial charge on any atom is 0.321 e. The SMILES string of the molecule is CN(CC(=O)NC(=O)NC(C)(C)C)C1CCCCC1CN. The van der Waals surface area contributed by atoms with E-state index < -0.39 is 6.03 Å². The Labute approximate surface area is 127 Å². The van der Waals surface area contributed by atoms with Crippen LogP contribution in [0, 0.1) is 5.92 Å². The van der Waals surface area contributed by atoms with Crippen molar-refractivity contribution in [2.24, 2.45) is 11.7 Å². The van der Waals surface area contributed by atoms with Crippen LogP contribution in [0.5, 0.6) is 0 Å². The molecular weight excluding hydrogens is 268 g/mol. The molecule has 0 saturated heterocycles. The van der Waals surface area contributed by atoms with Crippen LogP contribution in [0.25, 0.3) is 0 Å². The second-order valence-electron chi connectivity index (χ2n) is 7.02. The van der Waals surface area contributed by atoms with Gasteiger partial charge in [-0.05, 0) is 53.1 Å². The normalized spacial score (nSPS) is 23.0. The standard InChI is InChI=1S/C15H30N4O2/c1-15(2,3)18-14(21)17-13(20)10-19(4)12-8-6-5-7-11(12)9-16/h11-12H,5-10,16H2,1-4H3,(H2,17,18,20,21). The van der Waals surface area contributed by atoms with E-state index in [4.69, 9.17) is 5.73 Å². The van der Waals surface area contributed by atoms with Gasteiger partial charge in [0, 0.05) is 11.6 Å². The summed E-state index contributed by atoms with van der Waals surface area (Å²) in [6.45, 7) is 6.49. The lowest BCUT2D eigenvalue weighted by Crippen LogP contribution is -2.52. The lowest BCUT2D eigenvalue weighted by atomic mass is 9.84. The highest BCUT2D eigenvalue weighted by molar-refractivity contribution is 5.95. The van der Waals surface area contributed by atoms with Gasteiger partial charge in [-0.25, -0.2) is 4.79 Å². The molecule has 6 nitrogen and oxygen atoms in total. The van der Waals surface area contributed by atoms with Crippen LogP contribution in [0.2, 0.25) is 0 Å². The zero-order valence-electron chi connectivity index (χ0n) is 13.7. The number of rotatable bonds is 4. The first-order chi connectivity index (χ1) is 9.73. The van der Waals surface area contributed by atoms with Crippen LogP contribution < -0.4 is 16.4 Å². The molecule has 3 amide bonds. The summed E-state index contributed by atoms with van der Waals surface area (Å²) in [6.07, 6.45) is 4.58. The number of urea groups is 1. The van der Waals surface area contributed by atoms with Gasteiger partial charge >= 0.3 is 6.03 Å². The first-order valence-electron chi connectivity index (χ1n) is 7.75. The zero-order valence-corrected chi connectivity index (χ0v) is 13.7. The van der Waals surface area contributed by atoms with Crippen LogP contribution in [0.4, 0.5) is 4.79 Å². The van der Waals surface area contributed by atoms with E-state index in [1.54, 1.807) is 0 Å². The van der Waals surface area contributed by atoms with Crippen LogP contribution in [0.3, 0.4) is 0 Å². The highest BCUT2D eigenvalue weighted by Crippen LogP contribution is 2.26. The third-order valence-electron chi connectivity index (χ3n) is 3.87. The van der Waals surface area contributed by atoms with Gasteiger partial charge in [-0.3, -0.25) is 15.0 Å². The Morgan fingerprint density at radius 3 is 2.43 bits per heavy atom. The van der Waals surface area contributed by atoms with Crippen LogP contribution in [0.15, 0.2) is 0 Å². The van der Waals surface area contributed by atoms with Crippen LogP contribution in [0.1, 0.15) is 46.5 Å². The van der Waals surface area contributed by atoms with E-state index in [1.807, 2.05) is 32.7 Å². The number of carbonyl (C=O) groups is 2. The van der Waals surface area contributed by atoms with Crippen molar-refractivity contribution in [3.63, 3.8) is 0 Å². The molecule has 0 bridgehead atoms. The lowest BCUT2D eigenvalue weighted by Gasteiger charge is -2.37. The third-order valence-corrected chi connectivity index (χ3v) is 3.87. The summed E-state index contributed by atoms with van der Waals surface area (Å²) >= 11 is 0. The molecule has 0 radical (unpaired) electrons. The molecule has 0 aromatic rings. The molecule has 4 N–H and O–H groups in total. The van der Waals surface area contributed by atoms with E-state index in [0.717, 1.165) is 12.8 Å². The fourth-order valence-corrected chi connectivity index (χ4v) is 2.93. The van der Waals surface area contributed by atoms with Gasteiger partial charge in [0.25, 0.3) is 0 Å². The molecule has 1 aliphatic carbocycles. The van der Waals surface area contributed by atoms with E-state index in [1.165, 1.54) is 12.8 Å². The van der Waals surface area contributed by atoms with Gasteiger partial charge in [-0.1, -0.05) is 12.8 Å². The average Bonchev–Trinajstić information content (AvgIpc) is 2.35. The number of amides is 3. The molecule has 0 aromatic carbocycles. The van der Waals surface area contributed by atoms with Gasteiger partial charge in [0.15, 0.2) is 0 Å². The second-order valence-corrected chi connectivity index (χ2v) is 7.02. The minimum atomic E-state index is -0.445. The van der Waals surface area contributed by atoms with Crippen molar-refractivity contribution in [1.29, 1.82) is 0 Å². The average molecular weight is 298 g/mol. The minimum absolute atomic E-state index is 0.221. The Morgan fingerprint density at radius 2 is 1.86 bits per heavy atom. The van der Waals surface area contributed by atoms with Crippen LogP contribution in [-0.4, -0.2) is 48.6 Å². The Kier molecular flexibility index (Phi) is 6.61. The van der Waals surface area contributed by atoms with Crippen molar-refractivity contribution in [3.05, 3.63) is 0 Å². The minimum Gasteiger partial charge on any atom is -0.333 e. The Bertz CT molecular complexity index is 365. The molecule has 0 aromatic heterocycles. The molecule has 1 saturated carbocycles. The smallest absolute Gasteiger partial charge is 0.321 e. The van der Waals surface area contributed by atoms with Gasteiger partial charge in [-0.2, -0.15) is 0 Å². The Balaban J connectivity index is 2.44. The molecule has 0 spiro atoms. The quantitative estimate of drug-likeness (QED) is 0.724. The monoisotopic (exact) mass is 298 g/mol. The number of nitrogens with zero attached hydrogens (tertiary/aromatic N) is 1. The predicted molar refractivity (Wildman–Crippen MR) is 83.9 cm³/mol. The summed E-state index contributed by atoms with van der Waals surface area (Å²) in [6, 6.07) is -0.111. The molecular formula is C15H30N4O2. The van der Waals surface area contributed by atoms with Crippen molar-refractivity contribution < 1.29 is 9.59 Å². The fourth-order valence-electron chi connectivity index (χ4n) is 2.93. The second kappa shape index (κ2) is 7.75. The van der Waals surface area contributed by atoms with Crippen LogP contribution in [-0.2, 0) is 4.79 Å². The molecule has 2 atom stereocenters. The molecule has 21 heavy (non-hydrogen) atoms. The number of nitrogens with one attached hydrogen (secondary N) is 2. The Morgan fingerprint density at radius 1 is 1.24 bits per heavy atom. The molecule has 2 unspecified atom stereocenters. The first-order valence-corrected chi connectivity index (χ1v) is 7.75. The van der Waals surface area contributed by atoms with E-state index >= 15 is 0 Å². The number of hydrogen-bond acceptors (Lipinski definition) is 4. The summed E-state index contributed by atoms with van der Waals surface area (Å²) in [5.74, 6) is 0.167. The van der Waals surface area contributed by atoms with Gasteiger partial charge in [-0.15, -0.1) is 0 Å². The largest absolute Gasteiger partial charge is 0.333 e. The van der Waals surface area contributed by atoms with Crippen molar-refractivity contribution in [1.82, 2.24) is 15.5 Å². The zero-order chi connectivity index (χ0) is 16.0. The highest BCUT2D eigenvalue weighted by atomic mass is 16.2. The predicted octanol–water partition coefficient (Wildman–Crippen LogP) is 1.06. The van der Waals surface area contributed by atoms with Crippen molar-refractivity contribution in [2.45, 2.75) is 58.0 Å². The molecule has 0 heterocycles. The molecule has 1 aliphatic rings. The maximum absolute atomic E-state index is 11.9. The molecule has 1 fully saturated rings. The fraction of sp³-hybridized carbons (Fsp3) is 0.867. The van der Waals surface area contributed by atoms with E-state index in [9.17, 15) is 9.59 Å². The van der Waals surface area contributed by atoms with Crippen molar-refractivity contribution in [2.75, 3.05) is 20.1 Å². The number of nitrogens with two attached hydrogens (primary N) is 1. The number of hydrogen-bond donors (Lipinski definition) is 3. The van der Waals surface area contributed by atoms with E-state index in [2.05, 4.69) is 10.6 Å². The number of carbonyl (C=O) groups excluding carboxylic acids is 2. The molecule has 122 valence electrons. The highest BCUT2D eigenvalue weighted by Gasteiger charge is 2.28. The summed E-state index contributed by atoms with van der Waals surface area (Å²) in [5, 5.41) is 5.09. The summed E-state index contributed by atoms with van der Waals surface area (Å²) < 4.78 is 0. The van der Waals surface area contributed by atoms with Crippen LogP contribution >= 0.6 is 0 Å². The third kappa shape index (κ3) is 6.44. The first kappa shape index (κ1) is 17.9. The summed E-state index contributed by atoms with van der Waals surface area (Å²) in [7, 11) is 1.93. The number of imide groups is 1. The van der Waals surface area contributed by atoms with Crippen molar-refractivity contribution >= 4 is 11.9 Å². The van der Waals surface area contributed by atoms with Gasteiger partial charge < -0.3 is 11.1 Å². The lowest BCUT2D eigenvalue weighted by molar-refractivity contribution is -0.121. The van der Waals surface area contributed by atoms with E-state index in [-0.39, 0.29) is 18.0 Å². The Hall–Kier alpha value is -1.14. The van der Waals surface area contributed by atoms with Gasteiger partial charge in [0.1, 0.15) is 0 Å². The molecule has 0 aliphatic heterocycles. The molecule has 1 rings (SSSR count). The summed E-state index contributed by atoms with van der Waals surface area (Å²) in [4.78, 5) is 25.6. The van der Waals surface area contributed by atoms with Crippen molar-refractivity contribution in [3.8, 4) is 0 Å². The topological polar surface area (TPSA) is 87.5 Å². The molecule has 6 heteroatoms. The summed E-state index contributed by atoms with van der Waals surface area (Å²) in [5.41, 5.74) is 5.46. The van der Waals surface area contributed by atoms with Gasteiger partial charge in [0.05, 0.1) is 6.54 Å².